The van der Waals surface area contributed by atoms with E-state index in [4.69, 9.17) is 5.73 Å². The minimum Gasteiger partial charge on any atom is -0.328 e. The first kappa shape index (κ1) is 17.5. The van der Waals surface area contributed by atoms with Gasteiger partial charge in [0.05, 0.1) is 6.54 Å². The molecule has 0 atom stereocenters. The lowest BCUT2D eigenvalue weighted by Crippen LogP contribution is -2.36. The van der Waals surface area contributed by atoms with Gasteiger partial charge in [0.1, 0.15) is 18.0 Å². The van der Waals surface area contributed by atoms with Crippen molar-refractivity contribution in [1.82, 2.24) is 29.6 Å². The maximum Gasteiger partial charge on any atom is 0.147 e. The molecule has 1 aliphatic heterocycles. The summed E-state index contributed by atoms with van der Waals surface area (Å²) in [5, 5.41) is 9.01. The first-order chi connectivity index (χ1) is 12.7. The molecule has 2 N–H and O–H groups in total. The zero-order valence-corrected chi connectivity index (χ0v) is 15.8. The Morgan fingerprint density at radius 1 is 1.15 bits per heavy atom. The summed E-state index contributed by atoms with van der Waals surface area (Å²) in [6.45, 7) is 8.26. The second-order valence-corrected chi connectivity index (χ2v) is 7.79. The molecule has 0 aromatic carbocycles. The summed E-state index contributed by atoms with van der Waals surface area (Å²) in [6, 6.07) is 0.342. The van der Waals surface area contributed by atoms with Crippen molar-refractivity contribution in [1.29, 1.82) is 0 Å². The van der Waals surface area contributed by atoms with Gasteiger partial charge in [0.2, 0.25) is 0 Å². The Morgan fingerprint density at radius 3 is 2.58 bits per heavy atom. The highest BCUT2D eigenvalue weighted by Gasteiger charge is 2.32. The van der Waals surface area contributed by atoms with Gasteiger partial charge in [0.25, 0.3) is 0 Å². The Hall–Kier alpha value is -1.86. The van der Waals surface area contributed by atoms with Gasteiger partial charge in [0, 0.05) is 36.3 Å². The van der Waals surface area contributed by atoms with E-state index in [9.17, 15) is 0 Å². The average molecular weight is 355 g/mol. The first-order valence-electron chi connectivity index (χ1n) is 9.82. The summed E-state index contributed by atoms with van der Waals surface area (Å²) < 4.78 is 2.30. The largest absolute Gasteiger partial charge is 0.328 e. The van der Waals surface area contributed by atoms with Gasteiger partial charge in [-0.3, -0.25) is 4.90 Å². The standard InChI is InChI=1S/C19H29N7/c1-3-26-17(23-24-19(26)15-8-16(20)9-15)11-25-6-4-14(5-7-25)18-13(2)10-21-12-22-18/h10,12,14-16H,3-9,11,20H2,1-2H3. The molecule has 26 heavy (non-hydrogen) atoms. The predicted molar refractivity (Wildman–Crippen MR) is 99.7 cm³/mol. The highest BCUT2D eigenvalue weighted by Crippen LogP contribution is 2.35. The van der Waals surface area contributed by atoms with Crippen molar-refractivity contribution in [2.75, 3.05) is 13.1 Å². The molecular weight excluding hydrogens is 326 g/mol. The zero-order valence-electron chi connectivity index (χ0n) is 15.8. The monoisotopic (exact) mass is 355 g/mol. The van der Waals surface area contributed by atoms with E-state index in [-0.39, 0.29) is 0 Å². The van der Waals surface area contributed by atoms with Crippen molar-refractivity contribution in [3.8, 4) is 0 Å². The van der Waals surface area contributed by atoms with E-state index in [0.29, 0.717) is 17.9 Å². The van der Waals surface area contributed by atoms with Crippen LogP contribution in [0.5, 0.6) is 0 Å². The topological polar surface area (TPSA) is 85.8 Å². The average Bonchev–Trinajstić information content (AvgIpc) is 3.02. The maximum atomic E-state index is 5.95. The SMILES string of the molecule is CCn1c(CN2CCC(c3ncncc3C)CC2)nnc1C1CC(N)C1. The van der Waals surface area contributed by atoms with Crippen LogP contribution in [0.1, 0.15) is 67.3 Å². The van der Waals surface area contributed by atoms with Crippen molar-refractivity contribution in [3.63, 3.8) is 0 Å². The molecule has 1 saturated heterocycles. The van der Waals surface area contributed by atoms with Crippen LogP contribution >= 0.6 is 0 Å². The van der Waals surface area contributed by atoms with Crippen LogP contribution in [0.4, 0.5) is 0 Å². The van der Waals surface area contributed by atoms with Crippen LogP contribution in [0.3, 0.4) is 0 Å². The third-order valence-electron chi connectivity index (χ3n) is 5.99. The van der Waals surface area contributed by atoms with Gasteiger partial charge in [-0.1, -0.05) is 0 Å². The van der Waals surface area contributed by atoms with Crippen LogP contribution in [0, 0.1) is 6.92 Å². The van der Waals surface area contributed by atoms with E-state index < -0.39 is 0 Å². The van der Waals surface area contributed by atoms with Crippen LogP contribution in [0.15, 0.2) is 12.5 Å². The molecule has 0 bridgehead atoms. The minimum absolute atomic E-state index is 0.342. The number of aryl methyl sites for hydroxylation is 1. The lowest BCUT2D eigenvalue weighted by molar-refractivity contribution is 0.195. The highest BCUT2D eigenvalue weighted by molar-refractivity contribution is 5.19. The molecule has 1 aliphatic carbocycles. The second kappa shape index (κ2) is 7.40. The highest BCUT2D eigenvalue weighted by atomic mass is 15.3. The molecule has 0 spiro atoms. The molecule has 3 heterocycles. The number of hydrogen-bond donors (Lipinski definition) is 1. The molecule has 0 radical (unpaired) electrons. The van der Waals surface area contributed by atoms with Gasteiger partial charge < -0.3 is 10.3 Å². The third-order valence-corrected chi connectivity index (χ3v) is 5.99. The number of nitrogens with two attached hydrogens (primary N) is 1. The Labute approximate surface area is 155 Å². The van der Waals surface area contributed by atoms with Crippen LogP contribution in [-0.2, 0) is 13.1 Å². The van der Waals surface area contributed by atoms with Crippen molar-refractivity contribution < 1.29 is 0 Å². The van der Waals surface area contributed by atoms with Crippen molar-refractivity contribution in [2.45, 2.75) is 70.5 Å². The Bertz CT molecular complexity index is 742. The number of hydrogen-bond acceptors (Lipinski definition) is 6. The predicted octanol–water partition coefficient (Wildman–Crippen LogP) is 1.98. The summed E-state index contributed by atoms with van der Waals surface area (Å²) in [7, 11) is 0. The Balaban J connectivity index is 1.38. The molecule has 4 rings (SSSR count). The summed E-state index contributed by atoms with van der Waals surface area (Å²) in [5.41, 5.74) is 8.38. The van der Waals surface area contributed by atoms with Crippen LogP contribution in [0.2, 0.25) is 0 Å². The van der Waals surface area contributed by atoms with E-state index in [1.807, 2.05) is 6.20 Å². The third kappa shape index (κ3) is 3.38. The number of piperidine rings is 1. The summed E-state index contributed by atoms with van der Waals surface area (Å²) >= 11 is 0. The summed E-state index contributed by atoms with van der Waals surface area (Å²) in [6.07, 6.45) is 7.97. The zero-order chi connectivity index (χ0) is 18.1. The van der Waals surface area contributed by atoms with E-state index in [1.165, 1.54) is 11.3 Å². The summed E-state index contributed by atoms with van der Waals surface area (Å²) in [5.74, 6) is 3.28. The normalized spacial score (nSPS) is 24.6. The fraction of sp³-hybridized carbons (Fsp3) is 0.684. The fourth-order valence-electron chi connectivity index (χ4n) is 4.39. The molecule has 2 fully saturated rings. The van der Waals surface area contributed by atoms with E-state index in [2.05, 4.69) is 43.5 Å². The first-order valence-corrected chi connectivity index (χ1v) is 9.82. The minimum atomic E-state index is 0.342. The maximum absolute atomic E-state index is 5.95. The molecule has 0 unspecified atom stereocenters. The van der Waals surface area contributed by atoms with Gasteiger partial charge in [0.15, 0.2) is 0 Å². The van der Waals surface area contributed by atoms with Gasteiger partial charge in [-0.15, -0.1) is 10.2 Å². The van der Waals surface area contributed by atoms with Gasteiger partial charge in [-0.2, -0.15) is 0 Å². The van der Waals surface area contributed by atoms with E-state index >= 15 is 0 Å². The van der Waals surface area contributed by atoms with E-state index in [0.717, 1.165) is 63.5 Å². The van der Waals surface area contributed by atoms with Crippen molar-refractivity contribution >= 4 is 0 Å². The van der Waals surface area contributed by atoms with Crippen LogP contribution < -0.4 is 5.73 Å². The smallest absolute Gasteiger partial charge is 0.147 e. The van der Waals surface area contributed by atoms with Crippen LogP contribution in [-0.4, -0.2) is 48.8 Å². The molecule has 7 nitrogen and oxygen atoms in total. The van der Waals surface area contributed by atoms with Gasteiger partial charge >= 0.3 is 0 Å². The molecular formula is C19H29N7. The molecule has 2 aromatic rings. The van der Waals surface area contributed by atoms with Crippen LogP contribution in [0.25, 0.3) is 0 Å². The number of nitrogens with zero attached hydrogens (tertiary/aromatic N) is 6. The second-order valence-electron chi connectivity index (χ2n) is 7.79. The number of likely N-dealkylation sites (tertiary alicyclic amines) is 1. The lowest BCUT2D eigenvalue weighted by atomic mass is 9.80. The van der Waals surface area contributed by atoms with Crippen molar-refractivity contribution in [2.24, 2.45) is 5.73 Å². The van der Waals surface area contributed by atoms with Gasteiger partial charge in [-0.05, 0) is 58.2 Å². The molecule has 0 amide bonds. The number of aromatic nitrogens is 5. The lowest BCUT2D eigenvalue weighted by Gasteiger charge is -2.33. The molecule has 2 aromatic heterocycles. The fourth-order valence-corrected chi connectivity index (χ4v) is 4.39. The molecule has 7 heteroatoms. The van der Waals surface area contributed by atoms with E-state index in [1.54, 1.807) is 6.33 Å². The Morgan fingerprint density at radius 2 is 1.92 bits per heavy atom. The summed E-state index contributed by atoms with van der Waals surface area (Å²) in [4.78, 5) is 11.1. The Kier molecular flexibility index (Phi) is 5.00. The van der Waals surface area contributed by atoms with Gasteiger partial charge in [-0.25, -0.2) is 9.97 Å². The quantitative estimate of drug-likeness (QED) is 0.883. The molecule has 140 valence electrons. The number of rotatable bonds is 5. The van der Waals surface area contributed by atoms with Crippen molar-refractivity contribution in [3.05, 3.63) is 35.4 Å². The molecule has 2 aliphatic rings. The molecule has 1 saturated carbocycles.